The quantitative estimate of drug-likeness (QED) is 0.788. The fourth-order valence-corrected chi connectivity index (χ4v) is 1.01. The molecule has 0 atom stereocenters. The molecule has 6 heteroatoms. The molecule has 0 aliphatic rings. The molecule has 1 heterocycles. The van der Waals surface area contributed by atoms with Crippen molar-refractivity contribution < 1.29 is 9.53 Å². The van der Waals surface area contributed by atoms with Crippen LogP contribution in [0.4, 0.5) is 5.82 Å². The van der Waals surface area contributed by atoms with E-state index in [1.807, 2.05) is 0 Å². The van der Waals surface area contributed by atoms with E-state index in [4.69, 9.17) is 17.3 Å². The van der Waals surface area contributed by atoms with Crippen LogP contribution >= 0.6 is 11.6 Å². The number of nitrogens with zero attached hydrogens (tertiary/aromatic N) is 2. The molecular weight excluding hydrogens is 218 g/mol. The molecule has 0 unspecified atom stereocenters. The monoisotopic (exact) mass is 227 g/mol. The fraction of sp³-hybridized carbons (Fsp3) is 0.222. The van der Waals surface area contributed by atoms with Crippen LogP contribution in [0.5, 0.6) is 0 Å². The van der Waals surface area contributed by atoms with E-state index in [9.17, 15) is 4.79 Å². The zero-order chi connectivity index (χ0) is 11.3. The Bertz CT molecular complexity index is 393. The first-order valence-corrected chi connectivity index (χ1v) is 4.52. The van der Waals surface area contributed by atoms with Crippen LogP contribution in [0.15, 0.2) is 12.3 Å². The second-order valence-electron chi connectivity index (χ2n) is 2.65. The van der Waals surface area contributed by atoms with Crippen molar-refractivity contribution in [1.82, 2.24) is 9.97 Å². The van der Waals surface area contributed by atoms with Crippen LogP contribution in [-0.4, -0.2) is 23.0 Å². The number of hydrogen-bond acceptors (Lipinski definition) is 5. The molecule has 0 fully saturated rings. The van der Waals surface area contributed by atoms with Gasteiger partial charge in [-0.1, -0.05) is 17.7 Å². The van der Waals surface area contributed by atoms with Crippen LogP contribution in [0.2, 0.25) is 5.15 Å². The van der Waals surface area contributed by atoms with Gasteiger partial charge < -0.3 is 10.5 Å². The van der Waals surface area contributed by atoms with Crippen LogP contribution in [0.3, 0.4) is 0 Å². The van der Waals surface area contributed by atoms with Gasteiger partial charge in [0.25, 0.3) is 0 Å². The standard InChI is InChI=1S/C9H10ClN3O2/c1-15-8(14)4-2-3-6-9(11)13-7(10)5-12-6/h2-3,5H,4H2,1H3,(H2,11,13). The molecule has 5 nitrogen and oxygen atoms in total. The molecule has 0 radical (unpaired) electrons. The van der Waals surface area contributed by atoms with Crippen molar-refractivity contribution in [3.8, 4) is 0 Å². The largest absolute Gasteiger partial charge is 0.469 e. The zero-order valence-corrected chi connectivity index (χ0v) is 8.86. The van der Waals surface area contributed by atoms with E-state index >= 15 is 0 Å². The number of ether oxygens (including phenoxy) is 1. The zero-order valence-electron chi connectivity index (χ0n) is 8.11. The Labute approximate surface area is 91.9 Å². The lowest BCUT2D eigenvalue weighted by Gasteiger charge is -1.98. The predicted octanol–water partition coefficient (Wildman–Crippen LogP) is 1.29. The van der Waals surface area contributed by atoms with Crippen molar-refractivity contribution in [2.24, 2.45) is 0 Å². The topological polar surface area (TPSA) is 78.1 Å². The van der Waals surface area contributed by atoms with E-state index in [1.54, 1.807) is 12.2 Å². The van der Waals surface area contributed by atoms with Crippen molar-refractivity contribution in [2.75, 3.05) is 12.8 Å². The summed E-state index contributed by atoms with van der Waals surface area (Å²) in [6.45, 7) is 0. The number of halogens is 1. The average Bonchev–Trinajstić information content (AvgIpc) is 2.21. The lowest BCUT2D eigenvalue weighted by molar-refractivity contribution is -0.139. The third-order valence-electron chi connectivity index (χ3n) is 1.59. The molecule has 0 aromatic carbocycles. The number of carbonyl (C=O) groups excluding carboxylic acids is 1. The first kappa shape index (κ1) is 11.5. The van der Waals surface area contributed by atoms with Gasteiger partial charge >= 0.3 is 5.97 Å². The molecule has 0 amide bonds. The molecular formula is C9H10ClN3O2. The number of rotatable bonds is 3. The Hall–Kier alpha value is -1.62. The second kappa shape index (κ2) is 5.31. The predicted molar refractivity (Wildman–Crippen MR) is 57.1 cm³/mol. The molecule has 0 spiro atoms. The minimum atomic E-state index is -0.327. The van der Waals surface area contributed by atoms with E-state index < -0.39 is 0 Å². The smallest absolute Gasteiger partial charge is 0.309 e. The first-order chi connectivity index (χ1) is 7.13. The highest BCUT2D eigenvalue weighted by atomic mass is 35.5. The van der Waals surface area contributed by atoms with Crippen LogP contribution in [-0.2, 0) is 9.53 Å². The van der Waals surface area contributed by atoms with Crippen molar-refractivity contribution in [3.05, 3.63) is 23.1 Å². The maximum atomic E-state index is 10.8. The van der Waals surface area contributed by atoms with Gasteiger partial charge in [0.05, 0.1) is 19.7 Å². The summed E-state index contributed by atoms with van der Waals surface area (Å²) >= 11 is 5.57. The Balaban J connectivity index is 2.68. The van der Waals surface area contributed by atoms with Crippen LogP contribution in [0.25, 0.3) is 6.08 Å². The molecule has 2 N–H and O–H groups in total. The summed E-state index contributed by atoms with van der Waals surface area (Å²) in [6, 6.07) is 0. The van der Waals surface area contributed by atoms with Crippen LogP contribution in [0.1, 0.15) is 12.1 Å². The number of nitrogen functional groups attached to an aromatic ring is 1. The highest BCUT2D eigenvalue weighted by molar-refractivity contribution is 6.29. The van der Waals surface area contributed by atoms with Crippen molar-refractivity contribution >= 4 is 29.5 Å². The molecule has 1 rings (SSSR count). The number of nitrogens with two attached hydrogens (primary N) is 1. The summed E-state index contributed by atoms with van der Waals surface area (Å²) in [5.74, 6) is -0.102. The summed E-state index contributed by atoms with van der Waals surface area (Å²) in [5, 5.41) is 0.234. The fourth-order valence-electron chi connectivity index (χ4n) is 0.869. The molecule has 1 aromatic rings. The van der Waals surface area contributed by atoms with Gasteiger partial charge in [-0.2, -0.15) is 0 Å². The van der Waals surface area contributed by atoms with Gasteiger partial charge in [-0.05, 0) is 6.08 Å². The minimum absolute atomic E-state index is 0.167. The normalized spacial score (nSPS) is 10.5. The Morgan fingerprint density at radius 2 is 2.47 bits per heavy atom. The summed E-state index contributed by atoms with van der Waals surface area (Å²) in [6.07, 6.45) is 4.74. The maximum Gasteiger partial charge on any atom is 0.309 e. The van der Waals surface area contributed by atoms with Crippen molar-refractivity contribution in [1.29, 1.82) is 0 Å². The third-order valence-corrected chi connectivity index (χ3v) is 1.77. The number of hydrogen-bond donors (Lipinski definition) is 1. The van der Waals surface area contributed by atoms with Crippen molar-refractivity contribution in [2.45, 2.75) is 6.42 Å². The maximum absolute atomic E-state index is 10.8. The summed E-state index contributed by atoms with van der Waals surface area (Å²) in [7, 11) is 1.33. The SMILES string of the molecule is COC(=O)CC=Cc1ncc(Cl)nc1N. The van der Waals surface area contributed by atoms with E-state index in [0.29, 0.717) is 5.69 Å². The minimum Gasteiger partial charge on any atom is -0.469 e. The molecule has 0 bridgehead atoms. The van der Waals surface area contributed by atoms with E-state index in [0.717, 1.165) is 0 Å². The lowest BCUT2D eigenvalue weighted by atomic mass is 10.3. The van der Waals surface area contributed by atoms with Crippen molar-refractivity contribution in [3.63, 3.8) is 0 Å². The summed E-state index contributed by atoms with van der Waals surface area (Å²) in [5.41, 5.74) is 6.02. The van der Waals surface area contributed by atoms with Gasteiger partial charge in [-0.3, -0.25) is 4.79 Å². The number of esters is 1. The summed E-state index contributed by atoms with van der Waals surface area (Å²) < 4.78 is 4.46. The molecule has 80 valence electrons. The van der Waals surface area contributed by atoms with E-state index in [1.165, 1.54) is 13.3 Å². The molecule has 15 heavy (non-hydrogen) atoms. The van der Waals surface area contributed by atoms with E-state index in [-0.39, 0.29) is 23.4 Å². The number of aromatic nitrogens is 2. The molecule has 0 aliphatic heterocycles. The summed E-state index contributed by atoms with van der Waals surface area (Å²) in [4.78, 5) is 18.5. The van der Waals surface area contributed by atoms with Gasteiger partial charge in [0.2, 0.25) is 0 Å². The third kappa shape index (κ3) is 3.55. The molecule has 0 saturated heterocycles. The van der Waals surface area contributed by atoms with Gasteiger partial charge in [0, 0.05) is 0 Å². The number of anilines is 1. The number of carbonyl (C=O) groups is 1. The molecule has 0 saturated carbocycles. The Kier molecular flexibility index (Phi) is 4.05. The van der Waals surface area contributed by atoms with Gasteiger partial charge in [0.1, 0.15) is 10.8 Å². The lowest BCUT2D eigenvalue weighted by Crippen LogP contribution is -1.98. The van der Waals surface area contributed by atoms with E-state index in [2.05, 4.69) is 14.7 Å². The van der Waals surface area contributed by atoms with Gasteiger partial charge in [-0.15, -0.1) is 0 Å². The molecule has 0 aliphatic carbocycles. The first-order valence-electron chi connectivity index (χ1n) is 4.15. The highest BCUT2D eigenvalue weighted by Crippen LogP contribution is 2.11. The molecule has 1 aromatic heterocycles. The Morgan fingerprint density at radius 3 is 3.07 bits per heavy atom. The average molecular weight is 228 g/mol. The van der Waals surface area contributed by atoms with Gasteiger partial charge in [0.15, 0.2) is 5.82 Å². The number of methoxy groups -OCH3 is 1. The van der Waals surface area contributed by atoms with Gasteiger partial charge in [-0.25, -0.2) is 9.97 Å². The Morgan fingerprint density at radius 1 is 1.73 bits per heavy atom. The second-order valence-corrected chi connectivity index (χ2v) is 3.03. The highest BCUT2D eigenvalue weighted by Gasteiger charge is 2.00. The van der Waals surface area contributed by atoms with Crippen LogP contribution in [0, 0.1) is 0 Å². The van der Waals surface area contributed by atoms with Crippen LogP contribution < -0.4 is 5.73 Å².